The topological polar surface area (TPSA) is 43.1 Å². The average Bonchev–Trinajstić information content (AvgIpc) is 1.91. The Bertz CT molecular complexity index is 116. The molecule has 0 aromatic carbocycles. The van der Waals surface area contributed by atoms with E-state index in [1.54, 1.807) is 19.9 Å². The lowest BCUT2D eigenvalue weighted by Crippen LogP contribution is -2.10. The Kier molecular flexibility index (Phi) is 8.38. The maximum atomic E-state index is 10.1. The van der Waals surface area contributed by atoms with Crippen LogP contribution in [0.1, 0.15) is 13.8 Å². The maximum absolute atomic E-state index is 10.1. The third kappa shape index (κ3) is 6.95. The number of hydrogen-bond donors (Lipinski definition) is 1. The van der Waals surface area contributed by atoms with Gasteiger partial charge in [0, 0.05) is 5.57 Å². The largest absolute Gasteiger partial charge is 0.366 e. The van der Waals surface area contributed by atoms with Gasteiger partial charge in [-0.05, 0) is 13.8 Å². The molecule has 9 heavy (non-hydrogen) atoms. The lowest BCUT2D eigenvalue weighted by Gasteiger charge is -1.85. The summed E-state index contributed by atoms with van der Waals surface area (Å²) in [4.78, 5) is 10.1. The van der Waals surface area contributed by atoms with Gasteiger partial charge in [0.15, 0.2) is 0 Å². The first-order valence-corrected chi connectivity index (χ1v) is 2.61. The van der Waals surface area contributed by atoms with E-state index in [4.69, 9.17) is 5.73 Å². The summed E-state index contributed by atoms with van der Waals surface area (Å²) >= 11 is 0. The summed E-state index contributed by atoms with van der Waals surface area (Å²) < 4.78 is 0. The van der Waals surface area contributed by atoms with Crippen LogP contribution in [0, 0.1) is 0 Å². The van der Waals surface area contributed by atoms with E-state index in [0.29, 0.717) is 5.57 Å². The number of hydrogen-bond acceptors (Lipinski definition) is 1. The number of carbonyl (C=O) groups excluding carboxylic acids is 1. The minimum atomic E-state index is -0.345. The van der Waals surface area contributed by atoms with E-state index in [0.717, 1.165) is 0 Å². The number of amides is 1. The molecule has 0 bridgehead atoms. The van der Waals surface area contributed by atoms with Gasteiger partial charge in [-0.25, -0.2) is 0 Å². The Hall–Kier alpha value is -1.05. The molecule has 2 nitrogen and oxygen atoms in total. The van der Waals surface area contributed by atoms with Crippen molar-refractivity contribution in [1.29, 1.82) is 0 Å². The summed E-state index contributed by atoms with van der Waals surface area (Å²) in [5.41, 5.74) is 5.45. The van der Waals surface area contributed by atoms with Crippen LogP contribution in [0.3, 0.4) is 0 Å². The van der Waals surface area contributed by atoms with Crippen molar-refractivity contribution in [1.82, 2.24) is 0 Å². The van der Waals surface area contributed by atoms with Gasteiger partial charge in [-0.15, -0.1) is 13.2 Å². The van der Waals surface area contributed by atoms with E-state index >= 15 is 0 Å². The predicted octanol–water partition coefficient (Wildman–Crippen LogP) is 1.24. The van der Waals surface area contributed by atoms with Crippen LogP contribution in [0.5, 0.6) is 0 Å². The first-order chi connectivity index (χ1) is 4.18. The Morgan fingerprint density at radius 2 is 1.89 bits per heavy atom. The van der Waals surface area contributed by atoms with Gasteiger partial charge in [-0.1, -0.05) is 6.08 Å². The van der Waals surface area contributed by atoms with Crippen molar-refractivity contribution in [2.24, 2.45) is 5.73 Å². The van der Waals surface area contributed by atoms with Crippen molar-refractivity contribution in [2.45, 2.75) is 13.8 Å². The molecule has 2 N–H and O–H groups in total. The highest BCUT2D eigenvalue weighted by atomic mass is 16.1. The first kappa shape index (κ1) is 10.8. The van der Waals surface area contributed by atoms with Crippen molar-refractivity contribution < 1.29 is 4.79 Å². The van der Waals surface area contributed by atoms with Crippen molar-refractivity contribution in [3.05, 3.63) is 24.8 Å². The van der Waals surface area contributed by atoms with Crippen LogP contribution in [-0.4, -0.2) is 5.91 Å². The van der Waals surface area contributed by atoms with Gasteiger partial charge in [0.2, 0.25) is 5.91 Å². The molecule has 1 amide bonds. The first-order valence-electron chi connectivity index (χ1n) is 2.61. The lowest BCUT2D eigenvalue weighted by atomic mass is 10.3. The van der Waals surface area contributed by atoms with Crippen molar-refractivity contribution in [2.75, 3.05) is 0 Å². The summed E-state index contributed by atoms with van der Waals surface area (Å²) in [6, 6.07) is 0. The quantitative estimate of drug-likeness (QED) is 0.418. The zero-order valence-electron chi connectivity index (χ0n) is 5.98. The number of allylic oxidation sites excluding steroid dienone is 1. The lowest BCUT2D eigenvalue weighted by molar-refractivity contribution is -0.114. The second-order valence-corrected chi connectivity index (χ2v) is 1.34. The molecule has 0 fully saturated rings. The van der Waals surface area contributed by atoms with Gasteiger partial charge in [0.25, 0.3) is 0 Å². The summed E-state index contributed by atoms with van der Waals surface area (Å²) in [5, 5.41) is 0. The van der Waals surface area contributed by atoms with E-state index < -0.39 is 0 Å². The Morgan fingerprint density at radius 1 is 1.56 bits per heavy atom. The second kappa shape index (κ2) is 6.95. The number of rotatable bonds is 1. The monoisotopic (exact) mass is 127 g/mol. The fourth-order valence-electron chi connectivity index (χ4n) is 0.142. The molecule has 0 atom stereocenters. The molecule has 0 rings (SSSR count). The third-order valence-electron chi connectivity index (χ3n) is 0.822. The van der Waals surface area contributed by atoms with E-state index in [9.17, 15) is 4.79 Å². The zero-order chi connectivity index (χ0) is 7.86. The normalized spacial score (nSPS) is 9.33. The Morgan fingerprint density at radius 3 is 1.89 bits per heavy atom. The molecule has 0 spiro atoms. The van der Waals surface area contributed by atoms with E-state index in [2.05, 4.69) is 13.2 Å². The molecule has 0 aromatic heterocycles. The van der Waals surface area contributed by atoms with Crippen LogP contribution in [0.25, 0.3) is 0 Å². The van der Waals surface area contributed by atoms with Crippen LogP contribution in [-0.2, 0) is 4.79 Å². The Labute approximate surface area is 56.1 Å². The molecule has 0 saturated carbocycles. The van der Waals surface area contributed by atoms with Crippen LogP contribution in [0.4, 0.5) is 0 Å². The van der Waals surface area contributed by atoms with E-state index in [1.165, 1.54) is 0 Å². The van der Waals surface area contributed by atoms with Crippen LogP contribution >= 0.6 is 0 Å². The average molecular weight is 127 g/mol. The van der Waals surface area contributed by atoms with Gasteiger partial charge < -0.3 is 5.73 Å². The van der Waals surface area contributed by atoms with Gasteiger partial charge in [-0.2, -0.15) is 0 Å². The molecule has 0 radical (unpaired) electrons. The SMILES string of the molecule is C/C=C(\C)C(N)=O.C=C. The zero-order valence-corrected chi connectivity index (χ0v) is 5.98. The Balaban J connectivity index is 0. The van der Waals surface area contributed by atoms with Gasteiger partial charge >= 0.3 is 0 Å². The van der Waals surface area contributed by atoms with Crippen LogP contribution in [0.15, 0.2) is 24.8 Å². The smallest absolute Gasteiger partial charge is 0.243 e. The molecule has 52 valence electrons. The molecular formula is C7H13NO. The summed E-state index contributed by atoms with van der Waals surface area (Å²) in [7, 11) is 0. The summed E-state index contributed by atoms with van der Waals surface area (Å²) in [5.74, 6) is -0.345. The van der Waals surface area contributed by atoms with Crippen LogP contribution in [0.2, 0.25) is 0 Å². The van der Waals surface area contributed by atoms with E-state index in [1.807, 2.05) is 0 Å². The second-order valence-electron chi connectivity index (χ2n) is 1.34. The highest BCUT2D eigenvalue weighted by Gasteiger charge is 1.90. The molecule has 0 aliphatic heterocycles. The standard InChI is InChI=1S/C5H9NO.C2H4/c1-3-4(2)5(6)7;1-2/h3H,1-2H3,(H2,6,7);1-2H2/b4-3+;. The van der Waals surface area contributed by atoms with Gasteiger partial charge in [-0.3, -0.25) is 4.79 Å². The highest BCUT2D eigenvalue weighted by Crippen LogP contribution is 1.85. The molecule has 0 aliphatic rings. The maximum Gasteiger partial charge on any atom is 0.243 e. The molecular weight excluding hydrogens is 114 g/mol. The predicted molar refractivity (Wildman–Crippen MR) is 39.9 cm³/mol. The van der Waals surface area contributed by atoms with Crippen molar-refractivity contribution in [3.63, 3.8) is 0 Å². The summed E-state index contributed by atoms with van der Waals surface area (Å²) in [6.07, 6.45) is 1.68. The minimum Gasteiger partial charge on any atom is -0.366 e. The fourth-order valence-corrected chi connectivity index (χ4v) is 0.142. The molecule has 0 unspecified atom stereocenters. The van der Waals surface area contributed by atoms with Gasteiger partial charge in [0.05, 0.1) is 0 Å². The molecule has 2 heteroatoms. The molecule has 0 aromatic rings. The minimum absolute atomic E-state index is 0.345. The van der Waals surface area contributed by atoms with E-state index in [-0.39, 0.29) is 5.91 Å². The van der Waals surface area contributed by atoms with Crippen LogP contribution < -0.4 is 5.73 Å². The number of nitrogens with two attached hydrogens (primary N) is 1. The highest BCUT2D eigenvalue weighted by molar-refractivity contribution is 5.91. The summed E-state index contributed by atoms with van der Waals surface area (Å²) in [6.45, 7) is 9.46. The molecule has 0 aliphatic carbocycles. The number of primary amides is 1. The van der Waals surface area contributed by atoms with Crippen molar-refractivity contribution >= 4 is 5.91 Å². The fraction of sp³-hybridized carbons (Fsp3) is 0.286. The van der Waals surface area contributed by atoms with Gasteiger partial charge in [0.1, 0.15) is 0 Å². The van der Waals surface area contributed by atoms with Crippen molar-refractivity contribution in [3.8, 4) is 0 Å². The third-order valence-corrected chi connectivity index (χ3v) is 0.822. The molecule has 0 saturated heterocycles. The number of carbonyl (C=O) groups is 1. The molecule has 0 heterocycles.